The molecule has 1 aromatic carbocycles. The van der Waals surface area contributed by atoms with Crippen molar-refractivity contribution in [2.45, 2.75) is 12.8 Å². The van der Waals surface area contributed by atoms with Crippen LogP contribution in [0.15, 0.2) is 35.2 Å². The maximum Gasteiger partial charge on any atom is 0.118 e. The summed E-state index contributed by atoms with van der Waals surface area (Å²) < 4.78 is 5.15. The van der Waals surface area contributed by atoms with Gasteiger partial charge in [0, 0.05) is 11.3 Å². The molecule has 18 heavy (non-hydrogen) atoms. The zero-order valence-corrected chi connectivity index (χ0v) is 11.9. The fourth-order valence-corrected chi connectivity index (χ4v) is 2.70. The van der Waals surface area contributed by atoms with Gasteiger partial charge in [-0.1, -0.05) is 12.1 Å². The minimum atomic E-state index is 0.433. The van der Waals surface area contributed by atoms with Gasteiger partial charge in [-0.15, -0.1) is 22.9 Å². The number of hydrogen-bond acceptors (Lipinski definition) is 3. The summed E-state index contributed by atoms with van der Waals surface area (Å²) in [7, 11) is 1.68. The molecule has 0 amide bonds. The van der Waals surface area contributed by atoms with Gasteiger partial charge < -0.3 is 4.74 Å². The quantitative estimate of drug-likeness (QED) is 0.752. The molecule has 0 radical (unpaired) electrons. The molecule has 1 aromatic heterocycles. The first-order valence-electron chi connectivity index (χ1n) is 5.87. The number of nitrogens with zero attached hydrogens (tertiary/aromatic N) is 1. The van der Waals surface area contributed by atoms with Crippen molar-refractivity contribution in [1.82, 2.24) is 4.98 Å². The van der Waals surface area contributed by atoms with E-state index in [4.69, 9.17) is 16.3 Å². The normalized spacial score (nSPS) is 12.3. The van der Waals surface area contributed by atoms with Crippen molar-refractivity contribution in [3.8, 4) is 5.75 Å². The van der Waals surface area contributed by atoms with Crippen LogP contribution in [0.2, 0.25) is 0 Å². The van der Waals surface area contributed by atoms with Crippen molar-refractivity contribution >= 4 is 22.9 Å². The van der Waals surface area contributed by atoms with Gasteiger partial charge in [-0.05, 0) is 36.5 Å². The Kier molecular flexibility index (Phi) is 5.02. The van der Waals surface area contributed by atoms with E-state index in [2.05, 4.69) is 22.5 Å². The predicted molar refractivity (Wildman–Crippen MR) is 76.7 cm³/mol. The fraction of sp³-hybridized carbons (Fsp3) is 0.357. The molecule has 0 bridgehead atoms. The Hall–Kier alpha value is -1.06. The van der Waals surface area contributed by atoms with E-state index in [-0.39, 0.29) is 0 Å². The standard InChI is InChI=1S/C14H16ClNOS/c1-17-14-4-2-11(3-5-14)6-12(8-15)7-13-9-18-10-16-13/h2-5,9-10,12H,6-8H2,1H3. The largest absolute Gasteiger partial charge is 0.497 e. The SMILES string of the molecule is COc1ccc(CC(CCl)Cc2cscn2)cc1. The van der Waals surface area contributed by atoms with Crippen LogP contribution < -0.4 is 4.74 Å². The minimum absolute atomic E-state index is 0.433. The summed E-state index contributed by atoms with van der Waals surface area (Å²) in [5.74, 6) is 1.98. The average molecular weight is 282 g/mol. The van der Waals surface area contributed by atoms with E-state index in [9.17, 15) is 0 Å². The molecule has 2 nitrogen and oxygen atoms in total. The van der Waals surface area contributed by atoms with Gasteiger partial charge >= 0.3 is 0 Å². The lowest BCUT2D eigenvalue weighted by molar-refractivity contribution is 0.414. The van der Waals surface area contributed by atoms with Gasteiger partial charge in [0.25, 0.3) is 0 Å². The van der Waals surface area contributed by atoms with Crippen LogP contribution in [0.3, 0.4) is 0 Å². The van der Waals surface area contributed by atoms with Crippen LogP contribution in [0, 0.1) is 5.92 Å². The van der Waals surface area contributed by atoms with Crippen LogP contribution in [0.25, 0.3) is 0 Å². The number of rotatable bonds is 6. The summed E-state index contributed by atoms with van der Waals surface area (Å²) >= 11 is 7.68. The fourth-order valence-electron chi connectivity index (χ4n) is 1.91. The number of aromatic nitrogens is 1. The number of methoxy groups -OCH3 is 1. The molecule has 1 heterocycles. The van der Waals surface area contributed by atoms with E-state index >= 15 is 0 Å². The number of alkyl halides is 1. The highest BCUT2D eigenvalue weighted by molar-refractivity contribution is 7.07. The van der Waals surface area contributed by atoms with E-state index < -0.39 is 0 Å². The molecule has 1 unspecified atom stereocenters. The Balaban J connectivity index is 1.96. The molecule has 0 spiro atoms. The second-order valence-corrected chi connectivity index (χ2v) is 5.28. The van der Waals surface area contributed by atoms with Crippen LogP contribution in [0.4, 0.5) is 0 Å². The molecule has 2 rings (SSSR count). The zero-order chi connectivity index (χ0) is 12.8. The van der Waals surface area contributed by atoms with Crippen LogP contribution in [0.1, 0.15) is 11.3 Å². The lowest BCUT2D eigenvalue weighted by Gasteiger charge is -2.12. The summed E-state index contributed by atoms with van der Waals surface area (Å²) in [4.78, 5) is 4.31. The van der Waals surface area contributed by atoms with E-state index in [1.807, 2.05) is 17.6 Å². The van der Waals surface area contributed by atoms with Gasteiger partial charge in [0.05, 0.1) is 18.3 Å². The number of hydrogen-bond donors (Lipinski definition) is 0. The van der Waals surface area contributed by atoms with Crippen molar-refractivity contribution in [2.24, 2.45) is 5.92 Å². The van der Waals surface area contributed by atoms with Crippen molar-refractivity contribution in [1.29, 1.82) is 0 Å². The van der Waals surface area contributed by atoms with Crippen molar-refractivity contribution < 1.29 is 4.74 Å². The molecule has 2 aromatic rings. The Morgan fingerprint density at radius 3 is 2.61 bits per heavy atom. The smallest absolute Gasteiger partial charge is 0.118 e. The van der Waals surface area contributed by atoms with Crippen molar-refractivity contribution in [2.75, 3.05) is 13.0 Å². The maximum atomic E-state index is 6.04. The number of ether oxygens (including phenoxy) is 1. The van der Waals surface area contributed by atoms with Crippen LogP contribution in [-0.4, -0.2) is 18.0 Å². The van der Waals surface area contributed by atoms with Crippen molar-refractivity contribution in [3.63, 3.8) is 0 Å². The highest BCUT2D eigenvalue weighted by Gasteiger charge is 2.11. The summed E-state index contributed by atoms with van der Waals surface area (Å²) in [5.41, 5.74) is 4.30. The van der Waals surface area contributed by atoms with Gasteiger partial charge in [-0.3, -0.25) is 0 Å². The molecular weight excluding hydrogens is 266 g/mol. The lowest BCUT2D eigenvalue weighted by Crippen LogP contribution is -2.10. The highest BCUT2D eigenvalue weighted by atomic mass is 35.5. The monoisotopic (exact) mass is 281 g/mol. The first-order valence-corrected chi connectivity index (χ1v) is 7.35. The Morgan fingerprint density at radius 2 is 2.06 bits per heavy atom. The van der Waals surface area contributed by atoms with Gasteiger partial charge in [0.2, 0.25) is 0 Å². The second kappa shape index (κ2) is 6.76. The van der Waals surface area contributed by atoms with E-state index in [0.717, 1.165) is 24.3 Å². The molecule has 0 N–H and O–H groups in total. The van der Waals surface area contributed by atoms with Crippen molar-refractivity contribution in [3.05, 3.63) is 46.4 Å². The third-order valence-electron chi connectivity index (χ3n) is 2.88. The molecule has 4 heteroatoms. The first kappa shape index (κ1) is 13.4. The Morgan fingerprint density at radius 1 is 1.28 bits per heavy atom. The van der Waals surface area contributed by atoms with E-state index in [0.29, 0.717) is 11.8 Å². The third-order valence-corrected chi connectivity index (χ3v) is 3.95. The first-order chi connectivity index (χ1) is 8.81. The highest BCUT2D eigenvalue weighted by Crippen LogP contribution is 2.18. The third kappa shape index (κ3) is 3.72. The molecular formula is C14H16ClNOS. The van der Waals surface area contributed by atoms with Gasteiger partial charge in [0.1, 0.15) is 5.75 Å². The Bertz CT molecular complexity index is 455. The summed E-state index contributed by atoms with van der Waals surface area (Å²) in [6.45, 7) is 0. The molecule has 0 aliphatic carbocycles. The Labute approximate surface area is 117 Å². The van der Waals surface area contributed by atoms with Gasteiger partial charge in [0.15, 0.2) is 0 Å². The van der Waals surface area contributed by atoms with Crippen LogP contribution in [-0.2, 0) is 12.8 Å². The second-order valence-electron chi connectivity index (χ2n) is 4.26. The van der Waals surface area contributed by atoms with E-state index in [1.54, 1.807) is 18.4 Å². The van der Waals surface area contributed by atoms with Gasteiger partial charge in [-0.25, -0.2) is 4.98 Å². The lowest BCUT2D eigenvalue weighted by atomic mass is 9.97. The molecule has 1 atom stereocenters. The summed E-state index contributed by atoms with van der Waals surface area (Å²) in [6.07, 6.45) is 1.92. The van der Waals surface area contributed by atoms with Crippen LogP contribution >= 0.6 is 22.9 Å². The van der Waals surface area contributed by atoms with E-state index in [1.165, 1.54) is 5.56 Å². The summed E-state index contributed by atoms with van der Waals surface area (Å²) in [6, 6.07) is 8.17. The minimum Gasteiger partial charge on any atom is -0.497 e. The number of halogens is 1. The molecule has 0 saturated heterocycles. The molecule has 0 aliphatic heterocycles. The number of thiazole rings is 1. The molecule has 0 aliphatic rings. The average Bonchev–Trinajstić information content (AvgIpc) is 2.91. The predicted octanol–water partition coefficient (Wildman–Crippen LogP) is 3.79. The number of benzene rings is 1. The molecule has 96 valence electrons. The zero-order valence-electron chi connectivity index (χ0n) is 10.3. The molecule has 0 fully saturated rings. The topological polar surface area (TPSA) is 22.1 Å². The summed E-state index contributed by atoms with van der Waals surface area (Å²) in [5, 5.41) is 2.09. The van der Waals surface area contributed by atoms with Crippen LogP contribution in [0.5, 0.6) is 5.75 Å². The maximum absolute atomic E-state index is 6.04. The molecule has 0 saturated carbocycles. The van der Waals surface area contributed by atoms with Gasteiger partial charge in [-0.2, -0.15) is 0 Å².